The van der Waals surface area contributed by atoms with Gasteiger partial charge in [-0.25, -0.2) is 0 Å². The molecule has 0 aromatic heterocycles. The molecule has 3 nitrogen and oxygen atoms in total. The Balaban J connectivity index is 2.19. The van der Waals surface area contributed by atoms with Crippen molar-refractivity contribution in [3.05, 3.63) is 33.8 Å². The van der Waals surface area contributed by atoms with E-state index in [1.165, 1.54) is 6.07 Å². The first kappa shape index (κ1) is 16.3. The molecule has 0 N–H and O–H groups in total. The van der Waals surface area contributed by atoms with Crippen molar-refractivity contribution in [3.63, 3.8) is 0 Å². The van der Waals surface area contributed by atoms with Gasteiger partial charge in [0.2, 0.25) is 0 Å². The quantitative estimate of drug-likeness (QED) is 0.804. The minimum Gasteiger partial charge on any atom is -0.336 e. The van der Waals surface area contributed by atoms with Crippen LogP contribution in [0.1, 0.15) is 22.8 Å². The van der Waals surface area contributed by atoms with E-state index in [9.17, 15) is 18.0 Å². The highest BCUT2D eigenvalue weighted by atomic mass is 79.9. The number of benzene rings is 1. The van der Waals surface area contributed by atoms with Gasteiger partial charge in [-0.05, 0) is 40.7 Å². The van der Waals surface area contributed by atoms with E-state index >= 15 is 0 Å². The summed E-state index contributed by atoms with van der Waals surface area (Å²) in [6.07, 6.45) is -4.45. The van der Waals surface area contributed by atoms with Crippen LogP contribution in [0.4, 0.5) is 13.2 Å². The van der Waals surface area contributed by atoms with Crippen molar-refractivity contribution in [2.75, 3.05) is 32.7 Å². The predicted molar refractivity (Wildman–Crippen MR) is 77.2 cm³/mol. The zero-order valence-electron chi connectivity index (χ0n) is 11.6. The van der Waals surface area contributed by atoms with Crippen LogP contribution in [0.15, 0.2) is 22.7 Å². The molecule has 2 rings (SSSR count). The largest absolute Gasteiger partial charge is 0.416 e. The molecule has 1 aromatic rings. The lowest BCUT2D eigenvalue weighted by Crippen LogP contribution is -2.48. The molecule has 1 heterocycles. The number of alkyl halides is 3. The van der Waals surface area contributed by atoms with Crippen LogP contribution in [0.2, 0.25) is 0 Å². The topological polar surface area (TPSA) is 23.6 Å². The maximum Gasteiger partial charge on any atom is 0.416 e. The van der Waals surface area contributed by atoms with Crippen molar-refractivity contribution in [1.82, 2.24) is 9.80 Å². The minimum absolute atomic E-state index is 0.0646. The van der Waals surface area contributed by atoms with Gasteiger partial charge in [-0.3, -0.25) is 4.79 Å². The molecule has 116 valence electrons. The molecule has 1 fully saturated rings. The SMILES string of the molecule is CCN1CCN(C(=O)c2cc(C(F)(F)F)ccc2Br)CC1. The fourth-order valence-corrected chi connectivity index (χ4v) is 2.72. The number of amides is 1. The summed E-state index contributed by atoms with van der Waals surface area (Å²) in [5.41, 5.74) is -0.740. The molecule has 1 aromatic carbocycles. The number of carbonyl (C=O) groups is 1. The van der Waals surface area contributed by atoms with Crippen molar-refractivity contribution in [2.45, 2.75) is 13.1 Å². The van der Waals surface area contributed by atoms with Crippen LogP contribution in [0.5, 0.6) is 0 Å². The summed E-state index contributed by atoms with van der Waals surface area (Å²) in [4.78, 5) is 16.2. The van der Waals surface area contributed by atoms with Crippen LogP contribution < -0.4 is 0 Å². The van der Waals surface area contributed by atoms with E-state index in [4.69, 9.17) is 0 Å². The zero-order valence-corrected chi connectivity index (χ0v) is 13.2. The number of carbonyl (C=O) groups excluding carboxylic acids is 1. The molecular formula is C14H16BrF3N2O. The molecule has 1 saturated heterocycles. The lowest BCUT2D eigenvalue weighted by atomic mass is 10.1. The summed E-state index contributed by atoms with van der Waals surface area (Å²) in [5.74, 6) is -0.358. The van der Waals surface area contributed by atoms with E-state index in [0.717, 1.165) is 31.8 Å². The maximum atomic E-state index is 12.8. The van der Waals surface area contributed by atoms with Crippen molar-refractivity contribution in [1.29, 1.82) is 0 Å². The van der Waals surface area contributed by atoms with Crippen LogP contribution >= 0.6 is 15.9 Å². The van der Waals surface area contributed by atoms with Gasteiger partial charge in [0.15, 0.2) is 0 Å². The van der Waals surface area contributed by atoms with Gasteiger partial charge in [-0.2, -0.15) is 13.2 Å². The Morgan fingerprint density at radius 3 is 2.38 bits per heavy atom. The van der Waals surface area contributed by atoms with E-state index in [1.54, 1.807) is 4.90 Å². The molecule has 0 atom stereocenters. The monoisotopic (exact) mass is 364 g/mol. The van der Waals surface area contributed by atoms with Crippen LogP contribution in [0.3, 0.4) is 0 Å². The normalized spacial score (nSPS) is 17.1. The molecule has 0 bridgehead atoms. The number of rotatable bonds is 2. The number of likely N-dealkylation sites (N-methyl/N-ethyl adjacent to an activating group) is 1. The number of hydrogen-bond donors (Lipinski definition) is 0. The molecule has 21 heavy (non-hydrogen) atoms. The highest BCUT2D eigenvalue weighted by molar-refractivity contribution is 9.10. The third-order valence-electron chi connectivity index (χ3n) is 3.63. The van der Waals surface area contributed by atoms with Gasteiger partial charge in [0.25, 0.3) is 5.91 Å². The third-order valence-corrected chi connectivity index (χ3v) is 4.32. The predicted octanol–water partition coefficient (Wildman–Crippen LogP) is 3.25. The second-order valence-electron chi connectivity index (χ2n) is 4.92. The van der Waals surface area contributed by atoms with Gasteiger partial charge in [-0.15, -0.1) is 0 Å². The Morgan fingerprint density at radius 2 is 1.86 bits per heavy atom. The summed E-state index contributed by atoms with van der Waals surface area (Å²) < 4.78 is 38.7. The van der Waals surface area contributed by atoms with E-state index < -0.39 is 11.7 Å². The summed E-state index contributed by atoms with van der Waals surface area (Å²) in [6.45, 7) is 5.53. The molecule has 0 unspecified atom stereocenters. The number of piperazine rings is 1. The smallest absolute Gasteiger partial charge is 0.336 e. The van der Waals surface area contributed by atoms with Crippen LogP contribution in [0, 0.1) is 0 Å². The Hall–Kier alpha value is -1.08. The van der Waals surface area contributed by atoms with Gasteiger partial charge in [0.05, 0.1) is 11.1 Å². The number of nitrogens with zero attached hydrogens (tertiary/aromatic N) is 2. The molecule has 7 heteroatoms. The molecule has 0 saturated carbocycles. The van der Waals surface area contributed by atoms with E-state index in [2.05, 4.69) is 20.8 Å². The van der Waals surface area contributed by atoms with E-state index in [-0.39, 0.29) is 11.5 Å². The Kier molecular flexibility index (Phi) is 4.93. The van der Waals surface area contributed by atoms with Crippen molar-refractivity contribution in [2.24, 2.45) is 0 Å². The minimum atomic E-state index is -4.45. The van der Waals surface area contributed by atoms with Crippen molar-refractivity contribution < 1.29 is 18.0 Å². The van der Waals surface area contributed by atoms with E-state index in [1.807, 2.05) is 6.92 Å². The highest BCUT2D eigenvalue weighted by Crippen LogP contribution is 2.32. The molecule has 0 radical (unpaired) electrons. The summed E-state index contributed by atoms with van der Waals surface area (Å²) >= 11 is 3.16. The second kappa shape index (κ2) is 6.36. The van der Waals surface area contributed by atoms with Gasteiger partial charge in [0.1, 0.15) is 0 Å². The van der Waals surface area contributed by atoms with Crippen molar-refractivity contribution >= 4 is 21.8 Å². The maximum absolute atomic E-state index is 12.8. The fraction of sp³-hybridized carbons (Fsp3) is 0.500. The number of hydrogen-bond acceptors (Lipinski definition) is 2. The lowest BCUT2D eigenvalue weighted by Gasteiger charge is -2.34. The summed E-state index contributed by atoms with van der Waals surface area (Å²) in [5, 5.41) is 0. The third kappa shape index (κ3) is 3.77. The van der Waals surface area contributed by atoms with Crippen molar-refractivity contribution in [3.8, 4) is 0 Å². The standard InChI is InChI=1S/C14H16BrF3N2O/c1-2-19-5-7-20(8-6-19)13(21)11-9-10(14(16,17)18)3-4-12(11)15/h3-4,9H,2,5-8H2,1H3. The molecule has 1 amide bonds. The first-order valence-electron chi connectivity index (χ1n) is 6.71. The van der Waals surface area contributed by atoms with Crippen LogP contribution in [-0.2, 0) is 6.18 Å². The van der Waals surface area contributed by atoms with Gasteiger partial charge in [-0.1, -0.05) is 6.92 Å². The Bertz CT molecular complexity index is 525. The Morgan fingerprint density at radius 1 is 1.24 bits per heavy atom. The molecule has 1 aliphatic rings. The zero-order chi connectivity index (χ0) is 15.6. The van der Waals surface area contributed by atoms with E-state index in [0.29, 0.717) is 17.6 Å². The fourth-order valence-electron chi connectivity index (χ4n) is 2.30. The van der Waals surface area contributed by atoms with Gasteiger partial charge >= 0.3 is 6.18 Å². The highest BCUT2D eigenvalue weighted by Gasteiger charge is 2.32. The first-order valence-corrected chi connectivity index (χ1v) is 7.50. The molecule has 0 spiro atoms. The first-order chi connectivity index (χ1) is 9.82. The number of halogens is 4. The lowest BCUT2D eigenvalue weighted by molar-refractivity contribution is -0.137. The molecular weight excluding hydrogens is 349 g/mol. The average molecular weight is 365 g/mol. The van der Waals surface area contributed by atoms with Gasteiger partial charge < -0.3 is 9.80 Å². The van der Waals surface area contributed by atoms with Crippen LogP contribution in [0.25, 0.3) is 0 Å². The van der Waals surface area contributed by atoms with Crippen LogP contribution in [-0.4, -0.2) is 48.4 Å². The second-order valence-corrected chi connectivity index (χ2v) is 5.77. The summed E-state index contributed by atoms with van der Waals surface area (Å²) in [6, 6.07) is 3.16. The summed E-state index contributed by atoms with van der Waals surface area (Å²) in [7, 11) is 0. The van der Waals surface area contributed by atoms with Gasteiger partial charge in [0, 0.05) is 30.7 Å². The molecule has 0 aliphatic carbocycles. The molecule has 1 aliphatic heterocycles. The Labute approximate surface area is 129 Å². The average Bonchev–Trinajstić information content (AvgIpc) is 2.46.